The van der Waals surface area contributed by atoms with Gasteiger partial charge in [0, 0.05) is 12.7 Å². The second-order valence-corrected chi connectivity index (χ2v) is 8.79. The quantitative estimate of drug-likeness (QED) is 0.751. The normalized spacial score (nSPS) is 21.2. The topological polar surface area (TPSA) is 130 Å². The molecule has 1 aromatic rings. The van der Waals surface area contributed by atoms with Crippen LogP contribution < -0.4 is 4.72 Å². The Bertz CT molecular complexity index is 739. The van der Waals surface area contributed by atoms with Gasteiger partial charge in [0.1, 0.15) is 0 Å². The molecular weight excluding hydrogens is 320 g/mol. The number of nitrogens with one attached hydrogen (secondary N) is 1. The van der Waals surface area contributed by atoms with Crippen LogP contribution in [0.3, 0.4) is 0 Å². The van der Waals surface area contributed by atoms with Crippen LogP contribution in [0.25, 0.3) is 0 Å². The number of nitrogens with zero attached hydrogens (tertiary/aromatic N) is 1. The fourth-order valence-corrected chi connectivity index (χ4v) is 4.91. The highest BCUT2D eigenvalue weighted by Crippen LogP contribution is 2.19. The zero-order valence-electron chi connectivity index (χ0n) is 10.9. The van der Waals surface area contributed by atoms with Crippen molar-refractivity contribution in [3.05, 3.63) is 23.9 Å². The lowest BCUT2D eigenvalue weighted by atomic mass is 10.2. The summed E-state index contributed by atoms with van der Waals surface area (Å²) in [6.45, 7) is -0.201. The third-order valence-corrected chi connectivity index (χ3v) is 6.84. The lowest BCUT2D eigenvalue weighted by molar-refractivity contribution is 0.0696. The highest BCUT2D eigenvalue weighted by molar-refractivity contribution is 7.92. The van der Waals surface area contributed by atoms with Crippen molar-refractivity contribution in [2.24, 2.45) is 0 Å². The Kier molecular flexibility index (Phi) is 4.30. The summed E-state index contributed by atoms with van der Waals surface area (Å²) in [6, 6.07) is 2.19. The lowest BCUT2D eigenvalue weighted by Crippen LogP contribution is -2.35. The van der Waals surface area contributed by atoms with E-state index in [9.17, 15) is 21.6 Å². The highest BCUT2D eigenvalue weighted by atomic mass is 32.2. The number of carboxylic acid groups (broad SMARTS) is 1. The molecule has 1 fully saturated rings. The molecule has 21 heavy (non-hydrogen) atoms. The molecule has 0 bridgehead atoms. The Morgan fingerprint density at radius 3 is 2.62 bits per heavy atom. The van der Waals surface area contributed by atoms with E-state index in [2.05, 4.69) is 9.71 Å². The van der Waals surface area contributed by atoms with Gasteiger partial charge < -0.3 is 5.11 Å². The third-order valence-electron chi connectivity index (χ3n) is 3.22. The van der Waals surface area contributed by atoms with Crippen molar-refractivity contribution in [3.8, 4) is 0 Å². The molecule has 116 valence electrons. The van der Waals surface area contributed by atoms with Gasteiger partial charge in [-0.2, -0.15) is 0 Å². The SMILES string of the molecule is O=C(O)c1ccc(S(=O)(=O)NCC2CCCS2(=O)=O)nc1. The summed E-state index contributed by atoms with van der Waals surface area (Å²) in [4.78, 5) is 14.2. The van der Waals surface area contributed by atoms with Crippen molar-refractivity contribution in [3.63, 3.8) is 0 Å². The molecule has 1 atom stereocenters. The molecule has 0 radical (unpaired) electrons. The van der Waals surface area contributed by atoms with Crippen LogP contribution in [0.2, 0.25) is 0 Å². The number of carbonyl (C=O) groups is 1. The van der Waals surface area contributed by atoms with Gasteiger partial charge >= 0.3 is 5.97 Å². The van der Waals surface area contributed by atoms with E-state index in [0.717, 1.165) is 18.3 Å². The van der Waals surface area contributed by atoms with Gasteiger partial charge in [0.2, 0.25) is 0 Å². The number of sulfonamides is 1. The minimum absolute atomic E-state index is 0.0744. The van der Waals surface area contributed by atoms with Crippen molar-refractivity contribution in [2.75, 3.05) is 12.3 Å². The number of aromatic nitrogens is 1. The van der Waals surface area contributed by atoms with Gasteiger partial charge in [-0.25, -0.2) is 31.3 Å². The minimum Gasteiger partial charge on any atom is -0.478 e. The fourth-order valence-electron chi connectivity index (χ4n) is 2.03. The molecule has 1 aromatic heterocycles. The van der Waals surface area contributed by atoms with Crippen molar-refractivity contribution < 1.29 is 26.7 Å². The average molecular weight is 334 g/mol. The van der Waals surface area contributed by atoms with E-state index >= 15 is 0 Å². The van der Waals surface area contributed by atoms with Crippen LogP contribution >= 0.6 is 0 Å². The van der Waals surface area contributed by atoms with Crippen LogP contribution in [0.4, 0.5) is 0 Å². The van der Waals surface area contributed by atoms with Gasteiger partial charge in [0.25, 0.3) is 10.0 Å². The molecule has 0 spiro atoms. The van der Waals surface area contributed by atoms with E-state index in [4.69, 9.17) is 5.11 Å². The summed E-state index contributed by atoms with van der Waals surface area (Å²) in [5.74, 6) is -1.14. The van der Waals surface area contributed by atoms with Gasteiger partial charge in [-0.15, -0.1) is 0 Å². The smallest absolute Gasteiger partial charge is 0.337 e. The predicted octanol–water partition coefficient (Wildman–Crippen LogP) is -0.365. The number of aromatic carboxylic acids is 1. The Hall–Kier alpha value is -1.52. The summed E-state index contributed by atoms with van der Waals surface area (Å²) in [6.07, 6.45) is 1.89. The minimum atomic E-state index is -3.96. The highest BCUT2D eigenvalue weighted by Gasteiger charge is 2.32. The maximum Gasteiger partial charge on any atom is 0.337 e. The van der Waals surface area contributed by atoms with Crippen molar-refractivity contribution in [1.82, 2.24) is 9.71 Å². The lowest BCUT2D eigenvalue weighted by Gasteiger charge is -2.11. The summed E-state index contributed by atoms with van der Waals surface area (Å²) in [5, 5.41) is 7.65. The first-order valence-corrected chi connectivity index (χ1v) is 9.33. The van der Waals surface area contributed by atoms with E-state index in [1.807, 2.05) is 0 Å². The predicted molar refractivity (Wildman–Crippen MR) is 73.2 cm³/mol. The Balaban J connectivity index is 2.10. The van der Waals surface area contributed by atoms with E-state index in [-0.39, 0.29) is 22.9 Å². The molecule has 0 amide bonds. The van der Waals surface area contributed by atoms with E-state index in [0.29, 0.717) is 12.8 Å². The van der Waals surface area contributed by atoms with Crippen LogP contribution in [0.5, 0.6) is 0 Å². The number of hydrogen-bond acceptors (Lipinski definition) is 6. The monoisotopic (exact) mass is 334 g/mol. The molecule has 10 heteroatoms. The molecule has 1 aliphatic rings. The maximum atomic E-state index is 12.0. The first-order chi connectivity index (χ1) is 9.72. The number of carboxylic acids is 1. The van der Waals surface area contributed by atoms with Gasteiger partial charge in [-0.1, -0.05) is 0 Å². The molecular formula is C11H14N2O6S2. The zero-order chi connectivity index (χ0) is 15.7. The zero-order valence-corrected chi connectivity index (χ0v) is 12.5. The van der Waals surface area contributed by atoms with Crippen LogP contribution in [-0.4, -0.2) is 50.4 Å². The van der Waals surface area contributed by atoms with Crippen LogP contribution in [0.1, 0.15) is 23.2 Å². The summed E-state index contributed by atoms with van der Waals surface area (Å²) in [7, 11) is -7.19. The van der Waals surface area contributed by atoms with Gasteiger partial charge in [-0.05, 0) is 25.0 Å². The molecule has 2 N–H and O–H groups in total. The number of pyridine rings is 1. The number of rotatable bonds is 5. The summed E-state index contributed by atoms with van der Waals surface area (Å²) in [5.41, 5.74) is -0.132. The second kappa shape index (κ2) is 5.70. The van der Waals surface area contributed by atoms with E-state index < -0.39 is 31.1 Å². The Labute approximate surface area is 122 Å². The second-order valence-electron chi connectivity index (χ2n) is 4.67. The van der Waals surface area contributed by atoms with Crippen molar-refractivity contribution >= 4 is 25.8 Å². The van der Waals surface area contributed by atoms with Crippen LogP contribution in [0.15, 0.2) is 23.4 Å². The van der Waals surface area contributed by atoms with E-state index in [1.165, 1.54) is 0 Å². The van der Waals surface area contributed by atoms with Gasteiger partial charge in [-0.3, -0.25) is 0 Å². The largest absolute Gasteiger partial charge is 0.478 e. The standard InChI is InChI=1S/C11H14N2O6S2/c14-11(15)8-3-4-10(12-6-8)21(18,19)13-7-9-2-1-5-20(9,16)17/h3-4,6,9,13H,1-2,5,7H2,(H,14,15). The molecule has 0 aliphatic carbocycles. The Morgan fingerprint density at radius 2 is 2.14 bits per heavy atom. The molecule has 2 heterocycles. The molecule has 1 unspecified atom stereocenters. The van der Waals surface area contributed by atoms with Gasteiger partial charge in [0.05, 0.1) is 16.6 Å². The third kappa shape index (κ3) is 3.57. The van der Waals surface area contributed by atoms with Crippen LogP contribution in [-0.2, 0) is 19.9 Å². The summed E-state index contributed by atoms with van der Waals surface area (Å²) >= 11 is 0. The first kappa shape index (κ1) is 15.9. The van der Waals surface area contributed by atoms with Crippen molar-refractivity contribution in [2.45, 2.75) is 23.1 Å². The molecule has 8 nitrogen and oxygen atoms in total. The van der Waals surface area contributed by atoms with Crippen molar-refractivity contribution in [1.29, 1.82) is 0 Å². The summed E-state index contributed by atoms with van der Waals surface area (Å²) < 4.78 is 49.4. The first-order valence-electron chi connectivity index (χ1n) is 6.13. The fraction of sp³-hybridized carbons (Fsp3) is 0.455. The average Bonchev–Trinajstić information content (AvgIpc) is 2.75. The Morgan fingerprint density at radius 1 is 1.43 bits per heavy atom. The van der Waals surface area contributed by atoms with E-state index in [1.54, 1.807) is 0 Å². The number of sulfone groups is 1. The number of hydrogen-bond donors (Lipinski definition) is 2. The van der Waals surface area contributed by atoms with Gasteiger partial charge in [0.15, 0.2) is 14.9 Å². The molecule has 2 rings (SSSR count). The maximum absolute atomic E-state index is 12.0. The molecule has 0 saturated carbocycles. The van der Waals surface area contributed by atoms with Crippen LogP contribution in [0, 0.1) is 0 Å². The molecule has 1 saturated heterocycles. The molecule has 0 aromatic carbocycles. The molecule has 1 aliphatic heterocycles.